The second kappa shape index (κ2) is 6.53. The number of nitrogens with one attached hydrogen (secondary N) is 1. The van der Waals surface area contributed by atoms with Gasteiger partial charge in [0.25, 0.3) is 0 Å². The van der Waals surface area contributed by atoms with Crippen molar-refractivity contribution >= 4 is 33.6 Å². The fourth-order valence-electron chi connectivity index (χ4n) is 1.96. The molecule has 0 aliphatic heterocycles. The van der Waals surface area contributed by atoms with E-state index in [1.54, 1.807) is 12.2 Å². The molecule has 0 bridgehead atoms. The van der Waals surface area contributed by atoms with Gasteiger partial charge in [0.15, 0.2) is 0 Å². The summed E-state index contributed by atoms with van der Waals surface area (Å²) in [6.45, 7) is 3.97. The van der Waals surface area contributed by atoms with Crippen molar-refractivity contribution in [1.29, 1.82) is 0 Å². The largest absolute Gasteiger partial charge is 0.322 e. The SMILES string of the molecule is Cc1cccc(C)c1NC(=O)/C=C/c1cccc(Br)c1. The standard InChI is InChI=1S/C17H16BrNO/c1-12-5-3-6-13(2)17(12)19-16(20)10-9-14-7-4-8-15(18)11-14/h3-11H,1-2H3,(H,19,20)/b10-9+. The maximum atomic E-state index is 12.0. The van der Waals surface area contributed by atoms with Gasteiger partial charge in [0, 0.05) is 16.2 Å². The Kier molecular flexibility index (Phi) is 4.74. The summed E-state index contributed by atoms with van der Waals surface area (Å²) in [5.41, 5.74) is 4.00. The molecular formula is C17H16BrNO. The molecular weight excluding hydrogens is 314 g/mol. The Hall–Kier alpha value is -1.87. The summed E-state index contributed by atoms with van der Waals surface area (Å²) in [6.07, 6.45) is 3.35. The van der Waals surface area contributed by atoms with Crippen molar-refractivity contribution in [3.63, 3.8) is 0 Å². The van der Waals surface area contributed by atoms with Crippen molar-refractivity contribution in [3.8, 4) is 0 Å². The molecule has 0 saturated carbocycles. The van der Waals surface area contributed by atoms with Gasteiger partial charge in [-0.25, -0.2) is 0 Å². The van der Waals surface area contributed by atoms with Gasteiger partial charge >= 0.3 is 0 Å². The molecule has 20 heavy (non-hydrogen) atoms. The fourth-order valence-corrected chi connectivity index (χ4v) is 2.38. The molecule has 2 aromatic carbocycles. The Morgan fingerprint density at radius 3 is 2.40 bits per heavy atom. The Labute approximate surface area is 127 Å². The molecule has 0 atom stereocenters. The summed E-state index contributed by atoms with van der Waals surface area (Å²) < 4.78 is 0.995. The smallest absolute Gasteiger partial charge is 0.248 e. The molecule has 0 fully saturated rings. The molecule has 0 radical (unpaired) electrons. The van der Waals surface area contributed by atoms with E-state index in [0.29, 0.717) is 0 Å². The van der Waals surface area contributed by atoms with E-state index in [1.165, 1.54) is 0 Å². The van der Waals surface area contributed by atoms with Crippen LogP contribution in [0, 0.1) is 13.8 Å². The zero-order valence-electron chi connectivity index (χ0n) is 11.5. The van der Waals surface area contributed by atoms with E-state index < -0.39 is 0 Å². The Bertz CT molecular complexity index is 642. The number of carbonyl (C=O) groups is 1. The number of benzene rings is 2. The van der Waals surface area contributed by atoms with Gasteiger partial charge in [-0.05, 0) is 48.7 Å². The average molecular weight is 330 g/mol. The lowest BCUT2D eigenvalue weighted by Gasteiger charge is -2.09. The molecule has 0 aliphatic rings. The van der Waals surface area contributed by atoms with Gasteiger partial charge in [-0.1, -0.05) is 46.3 Å². The van der Waals surface area contributed by atoms with E-state index in [9.17, 15) is 4.79 Å². The first-order valence-corrected chi connectivity index (χ1v) is 7.16. The van der Waals surface area contributed by atoms with Gasteiger partial charge in [0.05, 0.1) is 0 Å². The third-order valence-corrected chi connectivity index (χ3v) is 3.50. The normalized spacial score (nSPS) is 10.8. The lowest BCUT2D eigenvalue weighted by atomic mass is 10.1. The van der Waals surface area contributed by atoms with Crippen molar-refractivity contribution in [3.05, 3.63) is 69.7 Å². The van der Waals surface area contributed by atoms with Crippen molar-refractivity contribution in [2.45, 2.75) is 13.8 Å². The third-order valence-electron chi connectivity index (χ3n) is 3.01. The minimum Gasteiger partial charge on any atom is -0.322 e. The molecule has 2 aromatic rings. The number of amides is 1. The van der Waals surface area contributed by atoms with Crippen LogP contribution in [0.4, 0.5) is 5.69 Å². The minimum atomic E-state index is -0.123. The molecule has 0 unspecified atom stereocenters. The highest BCUT2D eigenvalue weighted by molar-refractivity contribution is 9.10. The number of hydrogen-bond acceptors (Lipinski definition) is 1. The highest BCUT2D eigenvalue weighted by Crippen LogP contribution is 2.19. The van der Waals surface area contributed by atoms with Crippen LogP contribution in [-0.4, -0.2) is 5.91 Å². The van der Waals surface area contributed by atoms with Crippen molar-refractivity contribution in [1.82, 2.24) is 0 Å². The predicted octanol–water partition coefficient (Wildman–Crippen LogP) is 4.72. The summed E-state index contributed by atoms with van der Waals surface area (Å²) in [4.78, 5) is 12.0. The quantitative estimate of drug-likeness (QED) is 0.811. The average Bonchev–Trinajstić information content (AvgIpc) is 2.41. The van der Waals surface area contributed by atoms with E-state index in [2.05, 4.69) is 21.2 Å². The van der Waals surface area contributed by atoms with Crippen LogP contribution >= 0.6 is 15.9 Å². The second-order valence-corrected chi connectivity index (χ2v) is 5.56. The van der Waals surface area contributed by atoms with Crippen LogP contribution in [0.3, 0.4) is 0 Å². The fraction of sp³-hybridized carbons (Fsp3) is 0.118. The predicted molar refractivity (Wildman–Crippen MR) is 87.7 cm³/mol. The van der Waals surface area contributed by atoms with Crippen molar-refractivity contribution < 1.29 is 4.79 Å². The molecule has 102 valence electrons. The van der Waals surface area contributed by atoms with Crippen LogP contribution in [0.5, 0.6) is 0 Å². The molecule has 3 heteroatoms. The highest BCUT2D eigenvalue weighted by Gasteiger charge is 2.04. The van der Waals surface area contributed by atoms with E-state index in [1.807, 2.05) is 56.3 Å². The lowest BCUT2D eigenvalue weighted by Crippen LogP contribution is -2.10. The van der Waals surface area contributed by atoms with Gasteiger partial charge in [0.1, 0.15) is 0 Å². The van der Waals surface area contributed by atoms with Crippen LogP contribution in [0.15, 0.2) is 53.0 Å². The second-order valence-electron chi connectivity index (χ2n) is 4.64. The van der Waals surface area contributed by atoms with Gasteiger partial charge in [-0.15, -0.1) is 0 Å². The molecule has 1 N–H and O–H groups in total. The van der Waals surface area contributed by atoms with Gasteiger partial charge in [0.2, 0.25) is 5.91 Å². The molecule has 0 aromatic heterocycles. The van der Waals surface area contributed by atoms with E-state index in [4.69, 9.17) is 0 Å². The van der Waals surface area contributed by atoms with Crippen LogP contribution in [0.2, 0.25) is 0 Å². The number of carbonyl (C=O) groups excluding carboxylic acids is 1. The zero-order chi connectivity index (χ0) is 14.5. The van der Waals surface area contributed by atoms with Crippen LogP contribution in [-0.2, 0) is 4.79 Å². The van der Waals surface area contributed by atoms with Crippen LogP contribution < -0.4 is 5.32 Å². The number of anilines is 1. The first-order valence-electron chi connectivity index (χ1n) is 6.37. The molecule has 0 spiro atoms. The van der Waals surface area contributed by atoms with E-state index in [-0.39, 0.29) is 5.91 Å². The van der Waals surface area contributed by atoms with Crippen molar-refractivity contribution in [2.75, 3.05) is 5.32 Å². The van der Waals surface area contributed by atoms with Gasteiger partial charge in [-0.3, -0.25) is 4.79 Å². The lowest BCUT2D eigenvalue weighted by molar-refractivity contribution is -0.111. The number of halogens is 1. The third kappa shape index (κ3) is 3.81. The Morgan fingerprint density at radius 2 is 1.75 bits per heavy atom. The molecule has 0 aliphatic carbocycles. The molecule has 0 saturated heterocycles. The Morgan fingerprint density at radius 1 is 1.10 bits per heavy atom. The molecule has 2 nitrogen and oxygen atoms in total. The van der Waals surface area contributed by atoms with Crippen LogP contribution in [0.1, 0.15) is 16.7 Å². The summed E-state index contributed by atoms with van der Waals surface area (Å²) in [5.74, 6) is -0.123. The maximum absolute atomic E-state index is 12.0. The first-order chi connectivity index (χ1) is 9.56. The van der Waals surface area contributed by atoms with Crippen LogP contribution in [0.25, 0.3) is 6.08 Å². The number of para-hydroxylation sites is 1. The first kappa shape index (κ1) is 14.5. The van der Waals surface area contributed by atoms with Gasteiger partial charge < -0.3 is 5.32 Å². The van der Waals surface area contributed by atoms with E-state index in [0.717, 1.165) is 26.9 Å². The summed E-state index contributed by atoms with van der Waals surface area (Å²) in [5, 5.41) is 2.93. The topological polar surface area (TPSA) is 29.1 Å². The zero-order valence-corrected chi connectivity index (χ0v) is 13.1. The molecule has 1 amide bonds. The highest BCUT2D eigenvalue weighted by atomic mass is 79.9. The minimum absolute atomic E-state index is 0.123. The van der Waals surface area contributed by atoms with Crippen molar-refractivity contribution in [2.24, 2.45) is 0 Å². The molecule has 2 rings (SSSR count). The summed E-state index contributed by atoms with van der Waals surface area (Å²) in [6, 6.07) is 13.8. The monoisotopic (exact) mass is 329 g/mol. The van der Waals surface area contributed by atoms with E-state index >= 15 is 0 Å². The number of hydrogen-bond donors (Lipinski definition) is 1. The Balaban J connectivity index is 2.10. The summed E-state index contributed by atoms with van der Waals surface area (Å²) >= 11 is 3.41. The number of aryl methyl sites for hydroxylation is 2. The number of rotatable bonds is 3. The summed E-state index contributed by atoms with van der Waals surface area (Å²) in [7, 11) is 0. The molecule has 0 heterocycles. The maximum Gasteiger partial charge on any atom is 0.248 e. The van der Waals surface area contributed by atoms with Gasteiger partial charge in [-0.2, -0.15) is 0 Å².